The van der Waals surface area contributed by atoms with Gasteiger partial charge in [-0.3, -0.25) is 4.98 Å². The summed E-state index contributed by atoms with van der Waals surface area (Å²) in [6.45, 7) is 0.590. The van der Waals surface area contributed by atoms with Gasteiger partial charge in [-0.25, -0.2) is 4.39 Å². The van der Waals surface area contributed by atoms with E-state index in [0.29, 0.717) is 6.54 Å². The highest BCUT2D eigenvalue weighted by atomic mass is 19.1. The Morgan fingerprint density at radius 2 is 2.29 bits per heavy atom. The van der Waals surface area contributed by atoms with Crippen molar-refractivity contribution in [3.8, 4) is 0 Å². The number of hydrogen-bond donors (Lipinski definition) is 1. The van der Waals surface area contributed by atoms with Gasteiger partial charge in [0.15, 0.2) is 0 Å². The minimum absolute atomic E-state index is 0.307. The Labute approximate surface area is 81.4 Å². The zero-order valence-corrected chi connectivity index (χ0v) is 8.00. The van der Waals surface area contributed by atoms with Crippen LogP contribution in [0.2, 0.25) is 0 Å². The van der Waals surface area contributed by atoms with Gasteiger partial charge in [0.1, 0.15) is 5.82 Å². The van der Waals surface area contributed by atoms with Crippen LogP contribution >= 0.6 is 0 Å². The van der Waals surface area contributed by atoms with Crippen molar-refractivity contribution in [2.75, 3.05) is 6.54 Å². The summed E-state index contributed by atoms with van der Waals surface area (Å²) in [5, 5.41) is 0. The Bertz CT molecular complexity index is 462. The number of hydrogen-bond acceptors (Lipinski definition) is 2. The second-order valence-corrected chi connectivity index (χ2v) is 3.29. The normalized spacial score (nSPS) is 11.1. The number of aromatic nitrogens is 2. The summed E-state index contributed by atoms with van der Waals surface area (Å²) < 4.78 is 14.8. The van der Waals surface area contributed by atoms with E-state index in [1.165, 1.54) is 12.3 Å². The maximum atomic E-state index is 12.9. The van der Waals surface area contributed by atoms with Gasteiger partial charge in [0, 0.05) is 18.8 Å². The zero-order valence-electron chi connectivity index (χ0n) is 8.00. The molecule has 14 heavy (non-hydrogen) atoms. The Morgan fingerprint density at radius 3 is 3.00 bits per heavy atom. The zero-order chi connectivity index (χ0) is 10.1. The summed E-state index contributed by atoms with van der Waals surface area (Å²) >= 11 is 0. The fraction of sp³-hybridized carbons (Fsp3) is 0.300. The minimum atomic E-state index is -0.307. The van der Waals surface area contributed by atoms with Gasteiger partial charge in [-0.05, 0) is 19.0 Å². The van der Waals surface area contributed by atoms with Crippen molar-refractivity contribution in [3.05, 3.63) is 29.8 Å². The monoisotopic (exact) mass is 193 g/mol. The number of pyridine rings is 1. The molecule has 2 N–H and O–H groups in total. The average Bonchev–Trinajstić information content (AvgIpc) is 2.46. The van der Waals surface area contributed by atoms with Crippen molar-refractivity contribution in [2.24, 2.45) is 12.8 Å². The van der Waals surface area contributed by atoms with E-state index in [1.54, 1.807) is 0 Å². The van der Waals surface area contributed by atoms with Crippen LogP contribution in [0.1, 0.15) is 5.69 Å². The molecule has 0 atom stereocenters. The molecule has 0 aromatic carbocycles. The molecule has 4 heteroatoms. The lowest BCUT2D eigenvalue weighted by molar-refractivity contribution is 0.623. The second-order valence-electron chi connectivity index (χ2n) is 3.29. The van der Waals surface area contributed by atoms with Crippen molar-refractivity contribution in [2.45, 2.75) is 6.42 Å². The predicted octanol–water partition coefficient (Wildman–Crippen LogP) is 1.21. The predicted molar refractivity (Wildman–Crippen MR) is 53.4 cm³/mol. The molecule has 2 rings (SSSR count). The molecule has 0 saturated carbocycles. The molecule has 2 heterocycles. The first-order valence-corrected chi connectivity index (χ1v) is 4.52. The topological polar surface area (TPSA) is 43.8 Å². The summed E-state index contributed by atoms with van der Waals surface area (Å²) in [7, 11) is 1.90. The molecule has 0 saturated heterocycles. The molecule has 3 nitrogen and oxygen atoms in total. The van der Waals surface area contributed by atoms with Crippen molar-refractivity contribution in [1.82, 2.24) is 9.55 Å². The van der Waals surface area contributed by atoms with E-state index in [0.717, 1.165) is 23.1 Å². The van der Waals surface area contributed by atoms with Crippen LogP contribution < -0.4 is 5.73 Å². The Morgan fingerprint density at radius 1 is 1.50 bits per heavy atom. The summed E-state index contributed by atoms with van der Waals surface area (Å²) in [5.41, 5.74) is 8.19. The molecular weight excluding hydrogens is 181 g/mol. The fourth-order valence-corrected chi connectivity index (χ4v) is 1.62. The number of halogens is 1. The third-order valence-corrected chi connectivity index (χ3v) is 2.36. The van der Waals surface area contributed by atoms with Gasteiger partial charge in [0.2, 0.25) is 0 Å². The molecule has 2 aromatic rings. The molecule has 0 bridgehead atoms. The van der Waals surface area contributed by atoms with Crippen LogP contribution in [0.3, 0.4) is 0 Å². The molecule has 0 aliphatic rings. The molecular formula is C10H12FN3. The van der Waals surface area contributed by atoms with Gasteiger partial charge < -0.3 is 10.3 Å². The lowest BCUT2D eigenvalue weighted by atomic mass is 10.3. The second kappa shape index (κ2) is 3.38. The van der Waals surface area contributed by atoms with Crippen LogP contribution in [0, 0.1) is 5.82 Å². The maximum Gasteiger partial charge on any atom is 0.143 e. The van der Waals surface area contributed by atoms with Crippen LogP contribution in [-0.4, -0.2) is 16.1 Å². The van der Waals surface area contributed by atoms with Crippen LogP contribution in [-0.2, 0) is 13.5 Å². The van der Waals surface area contributed by atoms with Crippen molar-refractivity contribution < 1.29 is 4.39 Å². The fourth-order valence-electron chi connectivity index (χ4n) is 1.62. The van der Waals surface area contributed by atoms with E-state index in [4.69, 9.17) is 5.73 Å². The Kier molecular flexibility index (Phi) is 2.21. The Hall–Kier alpha value is -1.42. The number of fused-ring (bicyclic) bond motifs is 1. The molecule has 0 aliphatic heterocycles. The van der Waals surface area contributed by atoms with Gasteiger partial charge in [-0.2, -0.15) is 0 Å². The first kappa shape index (κ1) is 9.15. The molecule has 0 spiro atoms. The molecule has 2 aromatic heterocycles. The summed E-state index contributed by atoms with van der Waals surface area (Å²) in [5.74, 6) is -0.307. The summed E-state index contributed by atoms with van der Waals surface area (Å²) in [6.07, 6.45) is 2.02. The lowest BCUT2D eigenvalue weighted by Gasteiger charge is -2.01. The van der Waals surface area contributed by atoms with Gasteiger partial charge in [-0.15, -0.1) is 0 Å². The maximum absolute atomic E-state index is 12.9. The SMILES string of the molecule is Cn1c(CCN)cc2ncc(F)cc21. The van der Waals surface area contributed by atoms with E-state index in [-0.39, 0.29) is 5.82 Å². The van der Waals surface area contributed by atoms with Crippen molar-refractivity contribution in [3.63, 3.8) is 0 Å². The van der Waals surface area contributed by atoms with E-state index in [2.05, 4.69) is 4.98 Å². The molecule has 0 amide bonds. The van der Waals surface area contributed by atoms with E-state index < -0.39 is 0 Å². The third kappa shape index (κ3) is 1.37. The molecule has 74 valence electrons. The standard InChI is InChI=1S/C10H12FN3/c1-14-8(2-3-12)5-9-10(14)4-7(11)6-13-9/h4-6H,2-3,12H2,1H3. The van der Waals surface area contributed by atoms with Gasteiger partial charge >= 0.3 is 0 Å². The molecule has 0 fully saturated rings. The first-order valence-electron chi connectivity index (χ1n) is 4.52. The highest BCUT2D eigenvalue weighted by Gasteiger charge is 2.06. The van der Waals surface area contributed by atoms with E-state index in [9.17, 15) is 4.39 Å². The molecule has 0 radical (unpaired) electrons. The minimum Gasteiger partial charge on any atom is -0.346 e. The van der Waals surface area contributed by atoms with Gasteiger partial charge in [0.25, 0.3) is 0 Å². The summed E-state index contributed by atoms with van der Waals surface area (Å²) in [6, 6.07) is 3.43. The lowest BCUT2D eigenvalue weighted by Crippen LogP contribution is -2.06. The number of nitrogens with zero attached hydrogens (tertiary/aromatic N) is 2. The van der Waals surface area contributed by atoms with Crippen molar-refractivity contribution in [1.29, 1.82) is 0 Å². The van der Waals surface area contributed by atoms with Crippen LogP contribution in [0.25, 0.3) is 11.0 Å². The van der Waals surface area contributed by atoms with Gasteiger partial charge in [0.05, 0.1) is 17.2 Å². The highest BCUT2D eigenvalue weighted by Crippen LogP contribution is 2.17. The van der Waals surface area contributed by atoms with Crippen LogP contribution in [0.4, 0.5) is 4.39 Å². The largest absolute Gasteiger partial charge is 0.346 e. The van der Waals surface area contributed by atoms with Crippen LogP contribution in [0.5, 0.6) is 0 Å². The van der Waals surface area contributed by atoms with E-state index >= 15 is 0 Å². The Balaban J connectivity index is 2.62. The molecule has 0 unspecified atom stereocenters. The smallest absolute Gasteiger partial charge is 0.143 e. The van der Waals surface area contributed by atoms with Crippen molar-refractivity contribution >= 4 is 11.0 Å². The van der Waals surface area contributed by atoms with E-state index in [1.807, 2.05) is 17.7 Å². The van der Waals surface area contributed by atoms with Gasteiger partial charge in [-0.1, -0.05) is 0 Å². The average molecular weight is 193 g/mol. The quantitative estimate of drug-likeness (QED) is 0.779. The van der Waals surface area contributed by atoms with Crippen LogP contribution in [0.15, 0.2) is 18.3 Å². The number of rotatable bonds is 2. The first-order chi connectivity index (χ1) is 6.72. The number of aryl methyl sites for hydroxylation is 1. The molecule has 0 aliphatic carbocycles. The summed E-state index contributed by atoms with van der Waals surface area (Å²) in [4.78, 5) is 4.01. The highest BCUT2D eigenvalue weighted by molar-refractivity contribution is 5.76. The third-order valence-electron chi connectivity index (χ3n) is 2.36. The number of nitrogens with two attached hydrogens (primary N) is 1.